The Balaban J connectivity index is 1.27. The van der Waals surface area contributed by atoms with Crippen LogP contribution in [0.3, 0.4) is 0 Å². The topological polar surface area (TPSA) is 128 Å². The van der Waals surface area contributed by atoms with Crippen molar-refractivity contribution in [3.8, 4) is 22.8 Å². The molecular formula is C20H13N5O5S2. The third-order valence-electron chi connectivity index (χ3n) is 4.46. The number of hydrogen-bond acceptors (Lipinski definition) is 10. The summed E-state index contributed by atoms with van der Waals surface area (Å²) in [6.07, 6.45) is 1.74. The Hall–Kier alpha value is -3.90. The normalized spacial score (nSPS) is 17.1. The van der Waals surface area contributed by atoms with Crippen LogP contribution in [0.25, 0.3) is 17.3 Å². The number of rotatable bonds is 5. The number of thiazole rings is 1. The maximum Gasteiger partial charge on any atom is 0.270 e. The fourth-order valence-electron chi connectivity index (χ4n) is 2.97. The molecule has 10 nitrogen and oxygen atoms in total. The fraction of sp³-hybridized carbons (Fsp3) is 0.0500. The van der Waals surface area contributed by atoms with Crippen molar-refractivity contribution in [3.05, 3.63) is 68.4 Å². The molecule has 12 heteroatoms. The van der Waals surface area contributed by atoms with Crippen LogP contribution in [0.5, 0.6) is 11.5 Å². The van der Waals surface area contributed by atoms with Gasteiger partial charge in [-0.2, -0.15) is 0 Å². The molecule has 2 N–H and O–H groups in total. The number of hydrogen-bond donors (Lipinski definition) is 2. The number of carbonyl (C=O) groups is 1. The average molecular weight is 467 g/mol. The summed E-state index contributed by atoms with van der Waals surface area (Å²) in [7, 11) is 0. The minimum absolute atomic E-state index is 0.00269. The number of amidine groups is 1. The van der Waals surface area contributed by atoms with Crippen LogP contribution in [0.4, 0.5) is 10.8 Å². The van der Waals surface area contributed by atoms with E-state index in [0.29, 0.717) is 38.0 Å². The van der Waals surface area contributed by atoms with Crippen molar-refractivity contribution in [1.29, 1.82) is 0 Å². The number of anilines is 1. The molecule has 0 saturated carbocycles. The number of amides is 1. The summed E-state index contributed by atoms with van der Waals surface area (Å²) in [5.74, 6) is 1.06. The van der Waals surface area contributed by atoms with Gasteiger partial charge in [0.1, 0.15) is 0 Å². The van der Waals surface area contributed by atoms with E-state index in [-0.39, 0.29) is 18.4 Å². The molecule has 5 rings (SSSR count). The van der Waals surface area contributed by atoms with Gasteiger partial charge in [0.05, 0.1) is 15.5 Å². The highest BCUT2D eigenvalue weighted by Gasteiger charge is 2.24. The van der Waals surface area contributed by atoms with Crippen LogP contribution >= 0.6 is 23.1 Å². The number of ether oxygens (including phenoxy) is 2. The Morgan fingerprint density at radius 1 is 1.22 bits per heavy atom. The highest BCUT2D eigenvalue weighted by molar-refractivity contribution is 8.18. The summed E-state index contributed by atoms with van der Waals surface area (Å²) >= 11 is 2.49. The molecule has 1 fully saturated rings. The second-order valence-corrected chi connectivity index (χ2v) is 8.44. The first kappa shape index (κ1) is 20.0. The quantitative estimate of drug-likeness (QED) is 0.327. The van der Waals surface area contributed by atoms with Gasteiger partial charge in [-0.25, -0.2) is 4.98 Å². The van der Waals surface area contributed by atoms with Gasteiger partial charge < -0.3 is 9.47 Å². The lowest BCUT2D eigenvalue weighted by Gasteiger charge is -1.98. The monoisotopic (exact) mass is 467 g/mol. The third-order valence-corrected chi connectivity index (χ3v) is 6.11. The second kappa shape index (κ2) is 8.32. The molecule has 0 spiro atoms. The summed E-state index contributed by atoms with van der Waals surface area (Å²) in [5.41, 5.74) is 4.84. The minimum Gasteiger partial charge on any atom is -0.454 e. The Morgan fingerprint density at radius 3 is 2.97 bits per heavy atom. The van der Waals surface area contributed by atoms with Crippen LogP contribution in [0.2, 0.25) is 0 Å². The van der Waals surface area contributed by atoms with Crippen molar-refractivity contribution in [1.82, 2.24) is 10.3 Å². The number of aromatic nitrogens is 1. The molecule has 0 bridgehead atoms. The van der Waals surface area contributed by atoms with Crippen molar-refractivity contribution < 1.29 is 19.2 Å². The standard InChI is InChI=1S/C20H13N5O5S2/c26-18-17(7-11-4-5-15-16(6-11)30-10-29-15)32-20(22-18)24-23-19-21-14(9-31-19)12-2-1-3-13(8-12)25(27)28/h1-9H,10H2,(H,21,23)(H,22,24,26)/b17-7+. The van der Waals surface area contributed by atoms with Crippen LogP contribution < -0.4 is 20.2 Å². The molecule has 3 heterocycles. The van der Waals surface area contributed by atoms with E-state index in [9.17, 15) is 14.9 Å². The van der Waals surface area contributed by atoms with Crippen LogP contribution in [0.1, 0.15) is 5.56 Å². The molecule has 0 aliphatic carbocycles. The molecule has 1 saturated heterocycles. The number of nitro groups is 1. The molecule has 0 radical (unpaired) electrons. The smallest absolute Gasteiger partial charge is 0.270 e. The van der Waals surface area contributed by atoms with Crippen molar-refractivity contribution in [2.45, 2.75) is 0 Å². The van der Waals surface area contributed by atoms with Gasteiger partial charge in [0, 0.05) is 23.1 Å². The lowest BCUT2D eigenvalue weighted by atomic mass is 10.1. The Morgan fingerprint density at radius 2 is 2.09 bits per heavy atom. The number of thioether (sulfide) groups is 1. The largest absolute Gasteiger partial charge is 0.454 e. The predicted octanol–water partition coefficient (Wildman–Crippen LogP) is 4.03. The Bertz CT molecular complexity index is 1300. The van der Waals surface area contributed by atoms with E-state index < -0.39 is 4.92 Å². The number of non-ortho nitro benzene ring substituents is 1. The number of nitro benzene ring substituents is 1. The summed E-state index contributed by atoms with van der Waals surface area (Å²) in [4.78, 5) is 27.7. The highest BCUT2D eigenvalue weighted by atomic mass is 32.2. The van der Waals surface area contributed by atoms with Gasteiger partial charge in [-0.1, -0.05) is 18.2 Å². The fourth-order valence-corrected chi connectivity index (χ4v) is 4.41. The van der Waals surface area contributed by atoms with Gasteiger partial charge in [-0.05, 0) is 35.5 Å². The van der Waals surface area contributed by atoms with Crippen LogP contribution in [0.15, 0.2) is 57.9 Å². The number of hydrazone groups is 1. The molecule has 2 aliphatic rings. The zero-order valence-electron chi connectivity index (χ0n) is 16.1. The number of fused-ring (bicyclic) bond motifs is 1. The van der Waals surface area contributed by atoms with E-state index in [2.05, 4.69) is 20.8 Å². The average Bonchev–Trinajstić information content (AvgIpc) is 3.52. The van der Waals surface area contributed by atoms with Crippen molar-refractivity contribution in [2.75, 3.05) is 12.2 Å². The van der Waals surface area contributed by atoms with Crippen LogP contribution in [0, 0.1) is 10.1 Å². The Labute approximate surface area is 189 Å². The lowest BCUT2D eigenvalue weighted by molar-refractivity contribution is -0.384. The maximum atomic E-state index is 12.3. The summed E-state index contributed by atoms with van der Waals surface area (Å²) in [5, 5.41) is 20.5. The van der Waals surface area contributed by atoms with Gasteiger partial charge in [-0.15, -0.1) is 16.4 Å². The zero-order chi connectivity index (χ0) is 22.1. The molecule has 1 amide bonds. The molecule has 32 heavy (non-hydrogen) atoms. The summed E-state index contributed by atoms with van der Waals surface area (Å²) in [6, 6.07) is 11.7. The van der Waals surface area contributed by atoms with E-state index in [1.165, 1.54) is 35.2 Å². The van der Waals surface area contributed by atoms with Gasteiger partial charge in [0.2, 0.25) is 11.9 Å². The molecule has 3 aromatic rings. The number of benzene rings is 2. The van der Waals surface area contributed by atoms with Gasteiger partial charge in [0.15, 0.2) is 16.7 Å². The van der Waals surface area contributed by atoms with E-state index in [0.717, 1.165) is 5.56 Å². The highest BCUT2D eigenvalue weighted by Crippen LogP contribution is 2.34. The number of carbonyl (C=O) groups excluding carboxylic acids is 1. The SMILES string of the molecule is O=C1N/C(=N\Nc2nc(-c3cccc([N+](=O)[O-])c3)cs2)S/C1=C/c1ccc2c(c1)OCO2. The maximum absolute atomic E-state index is 12.3. The first-order valence-corrected chi connectivity index (χ1v) is 10.9. The van der Waals surface area contributed by atoms with Crippen molar-refractivity contribution in [2.24, 2.45) is 5.10 Å². The van der Waals surface area contributed by atoms with Gasteiger partial charge >= 0.3 is 0 Å². The van der Waals surface area contributed by atoms with Crippen LogP contribution in [-0.4, -0.2) is 27.8 Å². The Kier molecular flexibility index (Phi) is 5.21. The number of nitrogens with zero attached hydrogens (tertiary/aromatic N) is 3. The molecular weight excluding hydrogens is 454 g/mol. The van der Waals surface area contributed by atoms with Crippen molar-refractivity contribution in [3.63, 3.8) is 0 Å². The molecule has 160 valence electrons. The lowest BCUT2D eigenvalue weighted by Crippen LogP contribution is -2.20. The first-order valence-electron chi connectivity index (χ1n) is 9.20. The molecule has 2 aromatic carbocycles. The van der Waals surface area contributed by atoms with E-state index in [1.807, 2.05) is 12.1 Å². The van der Waals surface area contributed by atoms with Crippen molar-refractivity contribution >= 4 is 51.1 Å². The second-order valence-electron chi connectivity index (χ2n) is 6.55. The van der Waals surface area contributed by atoms with E-state index in [4.69, 9.17) is 9.47 Å². The minimum atomic E-state index is -0.449. The van der Waals surface area contributed by atoms with E-state index in [1.54, 1.807) is 29.7 Å². The van der Waals surface area contributed by atoms with Gasteiger partial charge in [-0.3, -0.25) is 25.7 Å². The summed E-state index contributed by atoms with van der Waals surface area (Å²) in [6.45, 7) is 0.187. The van der Waals surface area contributed by atoms with E-state index >= 15 is 0 Å². The molecule has 0 unspecified atom stereocenters. The predicted molar refractivity (Wildman–Crippen MR) is 122 cm³/mol. The molecule has 1 aromatic heterocycles. The molecule has 2 aliphatic heterocycles. The zero-order valence-corrected chi connectivity index (χ0v) is 17.7. The van der Waals surface area contributed by atoms with Gasteiger partial charge in [0.25, 0.3) is 11.6 Å². The van der Waals surface area contributed by atoms with Crippen LogP contribution in [-0.2, 0) is 4.79 Å². The first-order chi connectivity index (χ1) is 15.5. The number of nitrogens with one attached hydrogen (secondary N) is 2. The molecule has 0 atom stereocenters. The summed E-state index contributed by atoms with van der Waals surface area (Å²) < 4.78 is 10.7. The third kappa shape index (κ3) is 4.13.